The van der Waals surface area contributed by atoms with E-state index in [1.54, 1.807) is 7.05 Å². The Hall–Kier alpha value is -1.67. The molecule has 0 aromatic rings. The van der Waals surface area contributed by atoms with Gasteiger partial charge >= 0.3 is 0 Å². The van der Waals surface area contributed by atoms with Crippen LogP contribution in [-0.2, 0) is 19.1 Å². The SMILES string of the molecule is CCCCCNC(=O)C1N(CCO)C(=O)[C@@H]2[C@H](C(=O)NC)[C@@H]3CCC12O3. The standard InChI is InChI=1S/C18H29N3O5/c1-3-4-5-8-20-16(24)14-18-7-6-11(26-18)12(15(23)19-2)13(18)17(25)21(14)9-10-22/h11-14,22H,3-10H2,1-2H3,(H,19,23)(H,20,24)/t11-,12+,13-,14?,18?/m0/s1. The first-order valence-electron chi connectivity index (χ1n) is 9.60. The largest absolute Gasteiger partial charge is 0.395 e. The molecule has 0 saturated carbocycles. The first kappa shape index (κ1) is 19.1. The molecule has 3 aliphatic heterocycles. The highest BCUT2D eigenvalue weighted by Crippen LogP contribution is 2.58. The molecule has 8 nitrogen and oxygen atoms in total. The predicted molar refractivity (Wildman–Crippen MR) is 93.0 cm³/mol. The van der Waals surface area contributed by atoms with E-state index in [1.165, 1.54) is 4.90 Å². The van der Waals surface area contributed by atoms with Crippen molar-refractivity contribution in [2.24, 2.45) is 11.8 Å². The van der Waals surface area contributed by atoms with Crippen molar-refractivity contribution in [1.82, 2.24) is 15.5 Å². The number of fused-ring (bicyclic) bond motifs is 1. The lowest BCUT2D eigenvalue weighted by Gasteiger charge is -2.33. The van der Waals surface area contributed by atoms with E-state index in [4.69, 9.17) is 4.74 Å². The summed E-state index contributed by atoms with van der Waals surface area (Å²) in [7, 11) is 1.55. The molecule has 3 saturated heterocycles. The average Bonchev–Trinajstić information content (AvgIpc) is 3.26. The van der Waals surface area contributed by atoms with Crippen LogP contribution in [0.3, 0.4) is 0 Å². The van der Waals surface area contributed by atoms with Crippen molar-refractivity contribution in [2.45, 2.75) is 56.8 Å². The molecule has 26 heavy (non-hydrogen) atoms. The molecule has 2 bridgehead atoms. The Morgan fingerprint density at radius 3 is 2.77 bits per heavy atom. The zero-order valence-corrected chi connectivity index (χ0v) is 15.5. The Morgan fingerprint density at radius 1 is 1.35 bits per heavy atom. The fourth-order valence-electron chi connectivity index (χ4n) is 4.95. The zero-order chi connectivity index (χ0) is 18.9. The van der Waals surface area contributed by atoms with Gasteiger partial charge in [0.15, 0.2) is 0 Å². The minimum Gasteiger partial charge on any atom is -0.395 e. The molecule has 2 unspecified atom stereocenters. The van der Waals surface area contributed by atoms with Gasteiger partial charge in [-0.3, -0.25) is 14.4 Å². The minimum atomic E-state index is -0.955. The topological polar surface area (TPSA) is 108 Å². The van der Waals surface area contributed by atoms with Gasteiger partial charge in [0.1, 0.15) is 11.6 Å². The quantitative estimate of drug-likeness (QED) is 0.497. The van der Waals surface area contributed by atoms with Crippen LogP contribution in [0.2, 0.25) is 0 Å². The van der Waals surface area contributed by atoms with Crippen LogP contribution in [0.15, 0.2) is 0 Å². The number of carbonyl (C=O) groups excluding carboxylic acids is 3. The summed E-state index contributed by atoms with van der Waals surface area (Å²) in [4.78, 5) is 39.8. The third kappa shape index (κ3) is 2.79. The van der Waals surface area contributed by atoms with E-state index in [0.29, 0.717) is 19.4 Å². The normalized spacial score (nSPS) is 34.9. The van der Waals surface area contributed by atoms with E-state index < -0.39 is 23.5 Å². The smallest absolute Gasteiger partial charge is 0.245 e. The summed E-state index contributed by atoms with van der Waals surface area (Å²) < 4.78 is 6.16. The monoisotopic (exact) mass is 367 g/mol. The van der Waals surface area contributed by atoms with Crippen LogP contribution in [0.4, 0.5) is 0 Å². The number of nitrogens with one attached hydrogen (secondary N) is 2. The van der Waals surface area contributed by atoms with Gasteiger partial charge in [-0.25, -0.2) is 0 Å². The van der Waals surface area contributed by atoms with Crippen molar-refractivity contribution < 1.29 is 24.2 Å². The molecule has 146 valence electrons. The maximum atomic E-state index is 13.1. The Labute approximate surface area is 153 Å². The van der Waals surface area contributed by atoms with Crippen LogP contribution < -0.4 is 10.6 Å². The Morgan fingerprint density at radius 2 is 2.12 bits per heavy atom. The number of unbranched alkanes of at least 4 members (excludes halogenated alkanes) is 2. The summed E-state index contributed by atoms with van der Waals surface area (Å²) in [5.74, 6) is -1.95. The van der Waals surface area contributed by atoms with Crippen molar-refractivity contribution >= 4 is 17.7 Å². The number of likely N-dealkylation sites (tertiary alicyclic amines) is 1. The van der Waals surface area contributed by atoms with E-state index >= 15 is 0 Å². The fourth-order valence-corrected chi connectivity index (χ4v) is 4.95. The number of carbonyl (C=O) groups is 3. The number of β-amino-alcohol motifs (C(OH)–C–C–N with tert-alkyl or cyclic N) is 1. The molecule has 0 aromatic heterocycles. The fraction of sp³-hybridized carbons (Fsp3) is 0.833. The van der Waals surface area contributed by atoms with Crippen LogP contribution in [0.5, 0.6) is 0 Å². The molecule has 5 atom stereocenters. The molecule has 8 heteroatoms. The van der Waals surface area contributed by atoms with E-state index in [1.807, 2.05) is 0 Å². The van der Waals surface area contributed by atoms with Crippen LogP contribution in [-0.4, -0.2) is 72.2 Å². The predicted octanol–water partition coefficient (Wildman–Crippen LogP) is -0.594. The zero-order valence-electron chi connectivity index (χ0n) is 15.5. The van der Waals surface area contributed by atoms with Crippen LogP contribution in [0.1, 0.15) is 39.0 Å². The summed E-state index contributed by atoms with van der Waals surface area (Å²) in [6, 6.07) is -0.784. The lowest BCUT2D eigenvalue weighted by atomic mass is 9.70. The van der Waals surface area contributed by atoms with Gasteiger partial charge in [0.25, 0.3) is 0 Å². The second kappa shape index (κ2) is 7.52. The molecule has 3 amide bonds. The van der Waals surface area contributed by atoms with Crippen molar-refractivity contribution in [3.05, 3.63) is 0 Å². The highest BCUT2D eigenvalue weighted by Gasteiger charge is 2.74. The van der Waals surface area contributed by atoms with Gasteiger partial charge in [0.2, 0.25) is 17.7 Å². The summed E-state index contributed by atoms with van der Waals surface area (Å²) >= 11 is 0. The van der Waals surface area contributed by atoms with Crippen molar-refractivity contribution in [2.75, 3.05) is 26.7 Å². The third-order valence-corrected chi connectivity index (χ3v) is 6.02. The van der Waals surface area contributed by atoms with Gasteiger partial charge in [0, 0.05) is 20.1 Å². The number of aliphatic hydroxyl groups excluding tert-OH is 1. The molecular weight excluding hydrogens is 338 g/mol. The molecule has 3 N–H and O–H groups in total. The van der Waals surface area contributed by atoms with Crippen molar-refractivity contribution in [3.8, 4) is 0 Å². The summed E-state index contributed by atoms with van der Waals surface area (Å²) in [6.07, 6.45) is 3.87. The number of aliphatic hydroxyl groups is 1. The second-order valence-electron chi connectivity index (χ2n) is 7.42. The first-order chi connectivity index (χ1) is 12.5. The van der Waals surface area contributed by atoms with Crippen LogP contribution in [0, 0.1) is 11.8 Å². The van der Waals surface area contributed by atoms with Gasteiger partial charge < -0.3 is 25.4 Å². The van der Waals surface area contributed by atoms with Crippen LogP contribution >= 0.6 is 0 Å². The molecule has 3 fully saturated rings. The lowest BCUT2D eigenvalue weighted by Crippen LogP contribution is -2.55. The Balaban J connectivity index is 1.86. The number of rotatable bonds is 8. The highest BCUT2D eigenvalue weighted by atomic mass is 16.5. The number of hydrogen-bond acceptors (Lipinski definition) is 5. The Bertz CT molecular complexity index is 583. The molecule has 0 radical (unpaired) electrons. The van der Waals surface area contributed by atoms with E-state index in [-0.39, 0.29) is 37.0 Å². The number of amides is 3. The summed E-state index contributed by atoms with van der Waals surface area (Å²) in [5.41, 5.74) is -0.955. The number of nitrogens with zero attached hydrogens (tertiary/aromatic N) is 1. The molecule has 1 spiro atoms. The molecule has 3 rings (SSSR count). The summed E-state index contributed by atoms with van der Waals surface area (Å²) in [6.45, 7) is 2.47. The van der Waals surface area contributed by atoms with Gasteiger partial charge in [-0.2, -0.15) is 0 Å². The highest BCUT2D eigenvalue weighted by molar-refractivity contribution is 5.98. The van der Waals surface area contributed by atoms with E-state index in [2.05, 4.69) is 17.6 Å². The Kier molecular flexibility index (Phi) is 5.53. The third-order valence-electron chi connectivity index (χ3n) is 6.02. The van der Waals surface area contributed by atoms with Gasteiger partial charge in [-0.15, -0.1) is 0 Å². The molecule has 0 aromatic carbocycles. The van der Waals surface area contributed by atoms with E-state index in [9.17, 15) is 19.5 Å². The summed E-state index contributed by atoms with van der Waals surface area (Å²) in [5, 5.41) is 14.9. The van der Waals surface area contributed by atoms with Crippen molar-refractivity contribution in [3.63, 3.8) is 0 Å². The van der Waals surface area contributed by atoms with Crippen molar-refractivity contribution in [1.29, 1.82) is 0 Å². The first-order valence-corrected chi connectivity index (χ1v) is 9.60. The van der Waals surface area contributed by atoms with Gasteiger partial charge in [-0.1, -0.05) is 19.8 Å². The number of ether oxygens (including phenoxy) is 1. The molecule has 3 heterocycles. The maximum Gasteiger partial charge on any atom is 0.245 e. The van der Waals surface area contributed by atoms with Crippen LogP contribution in [0.25, 0.3) is 0 Å². The minimum absolute atomic E-state index is 0.0681. The lowest BCUT2D eigenvalue weighted by molar-refractivity contribution is -0.142. The van der Waals surface area contributed by atoms with E-state index in [0.717, 1.165) is 19.3 Å². The maximum absolute atomic E-state index is 13.1. The molecule has 0 aliphatic carbocycles. The average molecular weight is 367 g/mol. The number of hydrogen-bond donors (Lipinski definition) is 3. The molecule has 3 aliphatic rings. The van der Waals surface area contributed by atoms with Gasteiger partial charge in [-0.05, 0) is 19.3 Å². The molecular formula is C18H29N3O5. The van der Waals surface area contributed by atoms with Gasteiger partial charge in [0.05, 0.1) is 24.5 Å². The second-order valence-corrected chi connectivity index (χ2v) is 7.42.